The van der Waals surface area contributed by atoms with E-state index in [4.69, 9.17) is 0 Å². The Balaban J connectivity index is 1.61. The predicted octanol–water partition coefficient (Wildman–Crippen LogP) is 5.30. The zero-order valence-electron chi connectivity index (χ0n) is 20.1. The van der Waals surface area contributed by atoms with E-state index in [2.05, 4.69) is 72.3 Å². The summed E-state index contributed by atoms with van der Waals surface area (Å²) in [6, 6.07) is 15.5. The van der Waals surface area contributed by atoms with Crippen molar-refractivity contribution in [2.45, 2.75) is 27.7 Å². The molecule has 0 aliphatic heterocycles. The van der Waals surface area contributed by atoms with Crippen molar-refractivity contribution in [1.82, 2.24) is 19.9 Å². The number of nitrogens with one attached hydrogen (secondary N) is 3. The van der Waals surface area contributed by atoms with Gasteiger partial charge in [0.1, 0.15) is 0 Å². The van der Waals surface area contributed by atoms with Gasteiger partial charge in [0.2, 0.25) is 5.95 Å². The second-order valence-electron chi connectivity index (χ2n) is 7.98. The molecule has 0 saturated carbocycles. The van der Waals surface area contributed by atoms with Gasteiger partial charge in [-0.3, -0.25) is 20.8 Å². The van der Waals surface area contributed by atoms with Crippen molar-refractivity contribution in [3.05, 3.63) is 95.6 Å². The van der Waals surface area contributed by atoms with Crippen molar-refractivity contribution in [3.63, 3.8) is 0 Å². The highest BCUT2D eigenvalue weighted by Gasteiger charge is 2.07. The summed E-state index contributed by atoms with van der Waals surface area (Å²) in [7, 11) is 0. The Labute approximate surface area is 204 Å². The maximum atomic E-state index is 4.58. The van der Waals surface area contributed by atoms with Crippen LogP contribution in [0.2, 0.25) is 0 Å². The van der Waals surface area contributed by atoms with E-state index in [0.717, 1.165) is 28.2 Å². The molecule has 9 nitrogen and oxygen atoms in total. The molecule has 4 rings (SSSR count). The highest BCUT2D eigenvalue weighted by molar-refractivity contribution is 5.99. The monoisotopic (exact) mass is 465 g/mol. The van der Waals surface area contributed by atoms with Gasteiger partial charge in [-0.05, 0) is 75.2 Å². The van der Waals surface area contributed by atoms with E-state index in [0.29, 0.717) is 17.6 Å². The second-order valence-corrected chi connectivity index (χ2v) is 7.98. The van der Waals surface area contributed by atoms with E-state index in [9.17, 15) is 0 Å². The van der Waals surface area contributed by atoms with E-state index >= 15 is 0 Å². The van der Waals surface area contributed by atoms with Crippen molar-refractivity contribution in [1.29, 1.82) is 0 Å². The molecule has 0 spiro atoms. The summed E-state index contributed by atoms with van der Waals surface area (Å²) in [5.41, 5.74) is 12.9. The molecular formula is C26H27N9. The Morgan fingerprint density at radius 3 is 1.66 bits per heavy atom. The third kappa shape index (κ3) is 6.44. The van der Waals surface area contributed by atoms with Gasteiger partial charge in [0, 0.05) is 47.7 Å². The van der Waals surface area contributed by atoms with Gasteiger partial charge in [-0.1, -0.05) is 6.07 Å². The quantitative estimate of drug-likeness (QED) is 0.239. The highest BCUT2D eigenvalue weighted by atomic mass is 15.4. The van der Waals surface area contributed by atoms with Gasteiger partial charge in [-0.25, -0.2) is 0 Å². The molecule has 0 unspecified atom stereocenters. The second kappa shape index (κ2) is 11.0. The van der Waals surface area contributed by atoms with Gasteiger partial charge in [0.25, 0.3) is 0 Å². The van der Waals surface area contributed by atoms with Crippen LogP contribution in [0.1, 0.15) is 36.1 Å². The SMILES string of the molecule is CC(=NNc1cc(NN=C(C)c2ccncc2)nc(Nc2ccc(C)c(C)c2)n1)c1ccncc1. The number of benzene rings is 1. The summed E-state index contributed by atoms with van der Waals surface area (Å²) in [6.07, 6.45) is 6.93. The molecule has 35 heavy (non-hydrogen) atoms. The van der Waals surface area contributed by atoms with Crippen LogP contribution in [-0.2, 0) is 0 Å². The van der Waals surface area contributed by atoms with Crippen LogP contribution in [0.15, 0.2) is 83.5 Å². The largest absolute Gasteiger partial charge is 0.324 e. The number of hydrazone groups is 2. The van der Waals surface area contributed by atoms with Crippen molar-refractivity contribution in [2.75, 3.05) is 16.2 Å². The third-order valence-electron chi connectivity index (χ3n) is 5.36. The first-order valence-electron chi connectivity index (χ1n) is 11.1. The standard InChI is InChI=1S/C26H27N9/c1-17-5-6-23(15-18(17)2)29-26-30-24(34-32-19(3)21-7-11-27-12-8-21)16-25(31-26)35-33-20(4)22-9-13-28-14-10-22/h5-16H,1-4H3,(H3,29,30,31,34,35). The molecule has 3 aromatic heterocycles. The van der Waals surface area contributed by atoms with Crippen LogP contribution in [0.4, 0.5) is 23.3 Å². The van der Waals surface area contributed by atoms with Crippen molar-refractivity contribution in [3.8, 4) is 0 Å². The van der Waals surface area contributed by atoms with Gasteiger partial charge >= 0.3 is 0 Å². The molecule has 0 amide bonds. The van der Waals surface area contributed by atoms with Crippen LogP contribution in [0.5, 0.6) is 0 Å². The third-order valence-corrected chi connectivity index (χ3v) is 5.36. The van der Waals surface area contributed by atoms with Crippen LogP contribution >= 0.6 is 0 Å². The molecule has 0 bridgehead atoms. The molecule has 0 aliphatic carbocycles. The average Bonchev–Trinajstić information content (AvgIpc) is 2.89. The topological polar surface area (TPSA) is 112 Å². The number of nitrogens with zero attached hydrogens (tertiary/aromatic N) is 6. The molecule has 0 radical (unpaired) electrons. The molecular weight excluding hydrogens is 438 g/mol. The van der Waals surface area contributed by atoms with Crippen LogP contribution in [-0.4, -0.2) is 31.4 Å². The maximum Gasteiger partial charge on any atom is 0.231 e. The molecule has 0 fully saturated rings. The van der Waals surface area contributed by atoms with Crippen LogP contribution in [0.25, 0.3) is 0 Å². The highest BCUT2D eigenvalue weighted by Crippen LogP contribution is 2.21. The summed E-state index contributed by atoms with van der Waals surface area (Å²) in [5.74, 6) is 1.44. The van der Waals surface area contributed by atoms with Crippen LogP contribution in [0, 0.1) is 13.8 Å². The smallest absolute Gasteiger partial charge is 0.231 e. The van der Waals surface area contributed by atoms with E-state index in [1.165, 1.54) is 11.1 Å². The molecule has 9 heteroatoms. The lowest BCUT2D eigenvalue weighted by Crippen LogP contribution is -2.07. The van der Waals surface area contributed by atoms with Crippen molar-refractivity contribution >= 4 is 34.7 Å². The lowest BCUT2D eigenvalue weighted by atomic mass is 10.1. The summed E-state index contributed by atoms with van der Waals surface area (Å²) >= 11 is 0. The Hall–Kier alpha value is -4.66. The zero-order chi connectivity index (χ0) is 24.6. The Morgan fingerprint density at radius 1 is 0.657 bits per heavy atom. The van der Waals surface area contributed by atoms with E-state index in [-0.39, 0.29) is 0 Å². The Bertz CT molecular complexity index is 1270. The molecule has 3 N–H and O–H groups in total. The van der Waals surface area contributed by atoms with Gasteiger partial charge in [0.15, 0.2) is 11.6 Å². The molecule has 3 heterocycles. The zero-order valence-corrected chi connectivity index (χ0v) is 20.1. The lowest BCUT2D eigenvalue weighted by Gasteiger charge is -2.11. The summed E-state index contributed by atoms with van der Waals surface area (Å²) in [5, 5.41) is 12.2. The minimum absolute atomic E-state index is 0.411. The maximum absolute atomic E-state index is 4.58. The minimum Gasteiger partial charge on any atom is -0.324 e. The number of pyridine rings is 2. The van der Waals surface area contributed by atoms with Gasteiger partial charge in [0.05, 0.1) is 11.4 Å². The number of rotatable bonds is 8. The first kappa shape index (κ1) is 23.5. The molecule has 0 saturated heterocycles. The van der Waals surface area contributed by atoms with Crippen LogP contribution in [0.3, 0.4) is 0 Å². The first-order valence-corrected chi connectivity index (χ1v) is 11.1. The minimum atomic E-state index is 0.411. The summed E-state index contributed by atoms with van der Waals surface area (Å²) in [6.45, 7) is 7.98. The number of aromatic nitrogens is 4. The number of hydrogen-bond donors (Lipinski definition) is 3. The normalized spacial score (nSPS) is 11.8. The molecule has 1 aromatic carbocycles. The fourth-order valence-corrected chi connectivity index (χ4v) is 3.16. The number of aryl methyl sites for hydroxylation is 2. The van der Waals surface area contributed by atoms with E-state index in [1.54, 1.807) is 30.9 Å². The molecule has 0 aliphatic rings. The Kier molecular flexibility index (Phi) is 7.37. The molecule has 4 aromatic rings. The van der Waals surface area contributed by atoms with Gasteiger partial charge in [-0.15, -0.1) is 0 Å². The summed E-state index contributed by atoms with van der Waals surface area (Å²) < 4.78 is 0. The van der Waals surface area contributed by atoms with Gasteiger partial charge < -0.3 is 5.32 Å². The van der Waals surface area contributed by atoms with Crippen LogP contribution < -0.4 is 16.2 Å². The van der Waals surface area contributed by atoms with Gasteiger partial charge in [-0.2, -0.15) is 20.2 Å². The summed E-state index contributed by atoms with van der Waals surface area (Å²) in [4.78, 5) is 17.3. The number of anilines is 4. The van der Waals surface area contributed by atoms with E-state index < -0.39 is 0 Å². The fraction of sp³-hybridized carbons (Fsp3) is 0.154. The fourth-order valence-electron chi connectivity index (χ4n) is 3.16. The average molecular weight is 466 g/mol. The number of hydrogen-bond acceptors (Lipinski definition) is 9. The lowest BCUT2D eigenvalue weighted by molar-refractivity contribution is 1.12. The predicted molar refractivity (Wildman–Crippen MR) is 141 cm³/mol. The first-order chi connectivity index (χ1) is 17.0. The van der Waals surface area contributed by atoms with E-state index in [1.807, 2.05) is 44.2 Å². The molecule has 0 atom stereocenters. The Morgan fingerprint density at radius 2 is 1.17 bits per heavy atom. The molecule has 176 valence electrons. The van der Waals surface area contributed by atoms with Crippen molar-refractivity contribution in [2.24, 2.45) is 10.2 Å². The van der Waals surface area contributed by atoms with Crippen molar-refractivity contribution < 1.29 is 0 Å².